The van der Waals surface area contributed by atoms with Crippen molar-refractivity contribution in [1.82, 2.24) is 5.32 Å². The average molecular weight is 208 g/mol. The third-order valence-corrected chi connectivity index (χ3v) is 1.86. The Bertz CT molecular complexity index is 362. The van der Waals surface area contributed by atoms with Crippen LogP contribution in [0.2, 0.25) is 0 Å². The summed E-state index contributed by atoms with van der Waals surface area (Å²) in [5.74, 6) is 0.701. The molecule has 0 radical (unpaired) electrons. The van der Waals surface area contributed by atoms with Crippen LogP contribution < -0.4 is 11.1 Å². The Morgan fingerprint density at radius 2 is 2.27 bits per heavy atom. The van der Waals surface area contributed by atoms with E-state index in [-0.39, 0.29) is 5.91 Å². The number of allylic oxidation sites excluding steroid dienone is 1. The zero-order valence-electron chi connectivity index (χ0n) is 9.04. The van der Waals surface area contributed by atoms with Gasteiger partial charge in [-0.2, -0.15) is 0 Å². The van der Waals surface area contributed by atoms with Crippen LogP contribution in [0.1, 0.15) is 30.2 Å². The highest BCUT2D eigenvalue weighted by molar-refractivity contribution is 5.91. The number of nitrogens with one attached hydrogen (secondary N) is 1. The van der Waals surface area contributed by atoms with Crippen molar-refractivity contribution in [3.05, 3.63) is 35.3 Å². The zero-order chi connectivity index (χ0) is 11.3. The molecule has 1 aromatic rings. The van der Waals surface area contributed by atoms with E-state index in [0.29, 0.717) is 24.6 Å². The Labute approximate surface area is 89.1 Å². The summed E-state index contributed by atoms with van der Waals surface area (Å²) in [5, 5.41) is 2.72. The maximum atomic E-state index is 11.5. The predicted octanol–water partition coefficient (Wildman–Crippen LogP) is 1.43. The number of furan rings is 1. The van der Waals surface area contributed by atoms with Crippen molar-refractivity contribution in [2.75, 3.05) is 6.54 Å². The molecule has 0 spiro atoms. The molecule has 4 heteroatoms. The van der Waals surface area contributed by atoms with Crippen LogP contribution in [0, 0.1) is 0 Å². The highest BCUT2D eigenvalue weighted by Gasteiger charge is 2.08. The van der Waals surface area contributed by atoms with Crippen LogP contribution in [0.3, 0.4) is 0 Å². The summed E-state index contributed by atoms with van der Waals surface area (Å²) < 4.78 is 5.19. The van der Waals surface area contributed by atoms with Crippen LogP contribution in [0.5, 0.6) is 0 Å². The summed E-state index contributed by atoms with van der Waals surface area (Å²) in [6.07, 6.45) is 1.94. The molecule has 1 amide bonds. The molecule has 82 valence electrons. The van der Waals surface area contributed by atoms with E-state index < -0.39 is 0 Å². The molecule has 0 aliphatic rings. The van der Waals surface area contributed by atoms with Crippen LogP contribution >= 0.6 is 0 Å². The topological polar surface area (TPSA) is 68.3 Å². The Kier molecular flexibility index (Phi) is 4.12. The fraction of sp³-hybridized carbons (Fsp3) is 0.364. The van der Waals surface area contributed by atoms with Crippen molar-refractivity contribution in [2.45, 2.75) is 20.4 Å². The Balaban J connectivity index is 2.50. The number of amides is 1. The van der Waals surface area contributed by atoms with Gasteiger partial charge in [0.05, 0.1) is 6.54 Å². The molecular formula is C11H16N2O2. The maximum Gasteiger partial charge on any atom is 0.287 e. The third-order valence-electron chi connectivity index (χ3n) is 1.86. The first-order chi connectivity index (χ1) is 7.13. The number of hydrogen-bond acceptors (Lipinski definition) is 3. The minimum Gasteiger partial charge on any atom is -0.455 e. The molecule has 0 atom stereocenters. The standard InChI is InChI=1S/C11H16N2O2/c1-8(2)5-6-13-11(14)10-4-3-9(7-12)15-10/h3-5H,6-7,12H2,1-2H3,(H,13,14). The third kappa shape index (κ3) is 3.59. The molecular weight excluding hydrogens is 192 g/mol. The van der Waals surface area contributed by atoms with Gasteiger partial charge in [0.25, 0.3) is 5.91 Å². The van der Waals surface area contributed by atoms with Gasteiger partial charge in [-0.3, -0.25) is 4.79 Å². The van der Waals surface area contributed by atoms with Crippen LogP contribution in [0.4, 0.5) is 0 Å². The molecule has 0 bridgehead atoms. The smallest absolute Gasteiger partial charge is 0.287 e. The first-order valence-electron chi connectivity index (χ1n) is 4.84. The van der Waals surface area contributed by atoms with Gasteiger partial charge < -0.3 is 15.5 Å². The molecule has 0 aliphatic carbocycles. The van der Waals surface area contributed by atoms with Crippen molar-refractivity contribution in [3.8, 4) is 0 Å². The van der Waals surface area contributed by atoms with E-state index in [9.17, 15) is 4.79 Å². The monoisotopic (exact) mass is 208 g/mol. The lowest BCUT2D eigenvalue weighted by Crippen LogP contribution is -2.22. The predicted molar refractivity (Wildman–Crippen MR) is 58.4 cm³/mol. The van der Waals surface area contributed by atoms with E-state index in [0.717, 1.165) is 5.57 Å². The number of nitrogens with two attached hydrogens (primary N) is 1. The van der Waals surface area contributed by atoms with Gasteiger partial charge >= 0.3 is 0 Å². The first kappa shape index (κ1) is 11.5. The number of carbonyl (C=O) groups is 1. The molecule has 0 saturated carbocycles. The van der Waals surface area contributed by atoms with Gasteiger partial charge in [-0.15, -0.1) is 0 Å². The van der Waals surface area contributed by atoms with Gasteiger partial charge in [-0.25, -0.2) is 0 Å². The van der Waals surface area contributed by atoms with E-state index in [2.05, 4.69) is 5.32 Å². The lowest BCUT2D eigenvalue weighted by molar-refractivity contribution is 0.0928. The van der Waals surface area contributed by atoms with Crippen molar-refractivity contribution < 1.29 is 9.21 Å². The number of rotatable bonds is 4. The van der Waals surface area contributed by atoms with Crippen LogP contribution in [-0.2, 0) is 6.54 Å². The van der Waals surface area contributed by atoms with Crippen molar-refractivity contribution in [1.29, 1.82) is 0 Å². The van der Waals surface area contributed by atoms with Crippen LogP contribution in [0.25, 0.3) is 0 Å². The average Bonchev–Trinajstić information content (AvgIpc) is 2.65. The largest absolute Gasteiger partial charge is 0.455 e. The summed E-state index contributed by atoms with van der Waals surface area (Å²) >= 11 is 0. The van der Waals surface area contributed by atoms with Crippen LogP contribution in [-0.4, -0.2) is 12.5 Å². The minimum atomic E-state index is -0.216. The molecule has 0 aromatic carbocycles. The number of hydrogen-bond donors (Lipinski definition) is 2. The lowest BCUT2D eigenvalue weighted by Gasteiger charge is -1.99. The van der Waals surface area contributed by atoms with E-state index in [1.54, 1.807) is 12.1 Å². The van der Waals surface area contributed by atoms with Crippen LogP contribution in [0.15, 0.2) is 28.2 Å². The quantitative estimate of drug-likeness (QED) is 0.735. The van der Waals surface area contributed by atoms with Gasteiger partial charge in [-0.05, 0) is 26.0 Å². The molecule has 3 N–H and O–H groups in total. The number of carbonyl (C=O) groups excluding carboxylic acids is 1. The zero-order valence-corrected chi connectivity index (χ0v) is 9.04. The molecule has 4 nitrogen and oxygen atoms in total. The second kappa shape index (κ2) is 5.36. The van der Waals surface area contributed by atoms with Gasteiger partial charge in [0.1, 0.15) is 5.76 Å². The molecule has 1 rings (SSSR count). The second-order valence-electron chi connectivity index (χ2n) is 3.46. The van der Waals surface area contributed by atoms with Gasteiger partial charge in [0.2, 0.25) is 0 Å². The molecule has 0 fully saturated rings. The fourth-order valence-electron chi connectivity index (χ4n) is 1.04. The summed E-state index contributed by atoms with van der Waals surface area (Å²) in [6, 6.07) is 3.33. The summed E-state index contributed by atoms with van der Waals surface area (Å²) in [6.45, 7) is 4.78. The SMILES string of the molecule is CC(C)=CCNC(=O)c1ccc(CN)o1. The molecule has 1 heterocycles. The van der Waals surface area contributed by atoms with E-state index in [1.165, 1.54) is 0 Å². The Morgan fingerprint density at radius 3 is 2.80 bits per heavy atom. The highest BCUT2D eigenvalue weighted by Crippen LogP contribution is 2.06. The maximum absolute atomic E-state index is 11.5. The Morgan fingerprint density at radius 1 is 1.53 bits per heavy atom. The molecule has 0 unspecified atom stereocenters. The normalized spacial score (nSPS) is 9.80. The summed E-state index contributed by atoms with van der Waals surface area (Å²) in [5.41, 5.74) is 6.53. The molecule has 0 aliphatic heterocycles. The van der Waals surface area contributed by atoms with Gasteiger partial charge in [0.15, 0.2) is 5.76 Å². The fourth-order valence-corrected chi connectivity index (χ4v) is 1.04. The van der Waals surface area contributed by atoms with E-state index in [1.807, 2.05) is 19.9 Å². The first-order valence-corrected chi connectivity index (χ1v) is 4.84. The highest BCUT2D eigenvalue weighted by atomic mass is 16.4. The molecule has 15 heavy (non-hydrogen) atoms. The van der Waals surface area contributed by atoms with Crippen molar-refractivity contribution in [3.63, 3.8) is 0 Å². The van der Waals surface area contributed by atoms with E-state index >= 15 is 0 Å². The summed E-state index contributed by atoms with van der Waals surface area (Å²) in [4.78, 5) is 11.5. The van der Waals surface area contributed by atoms with Crippen molar-refractivity contribution >= 4 is 5.91 Å². The minimum absolute atomic E-state index is 0.216. The molecule has 0 saturated heterocycles. The summed E-state index contributed by atoms with van der Waals surface area (Å²) in [7, 11) is 0. The van der Waals surface area contributed by atoms with Gasteiger partial charge in [0, 0.05) is 6.54 Å². The lowest BCUT2D eigenvalue weighted by atomic mass is 10.3. The Hall–Kier alpha value is -1.55. The van der Waals surface area contributed by atoms with E-state index in [4.69, 9.17) is 10.2 Å². The van der Waals surface area contributed by atoms with Crippen molar-refractivity contribution in [2.24, 2.45) is 5.73 Å². The molecule has 1 aromatic heterocycles. The van der Waals surface area contributed by atoms with Gasteiger partial charge in [-0.1, -0.05) is 11.6 Å². The second-order valence-corrected chi connectivity index (χ2v) is 3.46.